The zero-order valence-electron chi connectivity index (χ0n) is 11.1. The number of hydrogen-bond acceptors (Lipinski definition) is 3. The number of pyridine rings is 1. The maximum absolute atomic E-state index is 11.8. The minimum Gasteiger partial charge on any atom is -0.379 e. The van der Waals surface area contributed by atoms with E-state index in [1.807, 2.05) is 13.8 Å². The van der Waals surface area contributed by atoms with Crippen LogP contribution in [0.4, 0.5) is 0 Å². The quantitative estimate of drug-likeness (QED) is 0.621. The number of unbranched alkanes of at least 4 members (excludes halogenated alkanes) is 1. The summed E-state index contributed by atoms with van der Waals surface area (Å²) in [5, 5.41) is 3.34. The van der Waals surface area contributed by atoms with Crippen LogP contribution >= 0.6 is 23.2 Å². The summed E-state index contributed by atoms with van der Waals surface area (Å²) in [5.74, 6) is -0.237. The molecule has 1 amide bonds. The van der Waals surface area contributed by atoms with E-state index in [1.54, 1.807) is 0 Å². The van der Waals surface area contributed by atoms with Gasteiger partial charge in [0, 0.05) is 19.3 Å². The predicted molar refractivity (Wildman–Crippen MR) is 76.9 cm³/mol. The Balaban J connectivity index is 2.29. The van der Waals surface area contributed by atoms with Gasteiger partial charge in [-0.25, -0.2) is 4.98 Å². The van der Waals surface area contributed by atoms with E-state index < -0.39 is 0 Å². The molecular weight excluding hydrogens is 287 g/mol. The highest BCUT2D eigenvalue weighted by molar-refractivity contribution is 6.35. The van der Waals surface area contributed by atoms with E-state index in [0.29, 0.717) is 23.7 Å². The number of ether oxygens (including phenoxy) is 1. The number of nitrogens with zero attached hydrogens (tertiary/aromatic N) is 1. The molecule has 0 atom stereocenters. The standard InChI is InChI=1S/C13H18Cl2N2O2/c1-9(2)19-6-4-3-5-16-13(18)10-7-12(15)17-8-11(10)14/h7-9H,3-6H2,1-2H3,(H,16,18). The third-order valence-corrected chi connectivity index (χ3v) is 2.88. The Morgan fingerprint density at radius 1 is 1.42 bits per heavy atom. The lowest BCUT2D eigenvalue weighted by Gasteiger charge is -2.08. The molecule has 0 radical (unpaired) electrons. The fourth-order valence-corrected chi connectivity index (χ4v) is 1.78. The first-order chi connectivity index (χ1) is 9.00. The number of amides is 1. The Hall–Kier alpha value is -0.840. The highest BCUT2D eigenvalue weighted by Crippen LogP contribution is 2.17. The molecule has 0 fully saturated rings. The number of hydrogen-bond donors (Lipinski definition) is 1. The lowest BCUT2D eigenvalue weighted by atomic mass is 10.2. The van der Waals surface area contributed by atoms with E-state index in [1.165, 1.54) is 12.3 Å². The molecule has 0 aromatic carbocycles. The molecule has 0 aliphatic carbocycles. The summed E-state index contributed by atoms with van der Waals surface area (Å²) in [7, 11) is 0. The SMILES string of the molecule is CC(C)OCCCCNC(=O)c1cc(Cl)ncc1Cl. The van der Waals surface area contributed by atoms with Crippen LogP contribution in [0, 0.1) is 0 Å². The van der Waals surface area contributed by atoms with Crippen molar-refractivity contribution in [2.24, 2.45) is 0 Å². The average Bonchev–Trinajstić information content (AvgIpc) is 2.36. The van der Waals surface area contributed by atoms with Gasteiger partial charge in [0.2, 0.25) is 0 Å². The van der Waals surface area contributed by atoms with Crippen molar-refractivity contribution < 1.29 is 9.53 Å². The maximum atomic E-state index is 11.8. The van der Waals surface area contributed by atoms with Gasteiger partial charge in [0.05, 0.1) is 16.7 Å². The smallest absolute Gasteiger partial charge is 0.252 e. The molecular formula is C13H18Cl2N2O2. The van der Waals surface area contributed by atoms with Gasteiger partial charge in [-0.3, -0.25) is 4.79 Å². The molecule has 0 spiro atoms. The van der Waals surface area contributed by atoms with E-state index in [4.69, 9.17) is 27.9 Å². The van der Waals surface area contributed by atoms with Gasteiger partial charge in [-0.1, -0.05) is 23.2 Å². The summed E-state index contributed by atoms with van der Waals surface area (Å²) in [6.45, 7) is 5.28. The van der Waals surface area contributed by atoms with Gasteiger partial charge < -0.3 is 10.1 Å². The van der Waals surface area contributed by atoms with Crippen LogP contribution in [-0.4, -0.2) is 30.1 Å². The monoisotopic (exact) mass is 304 g/mol. The molecule has 1 heterocycles. The molecule has 0 aliphatic heterocycles. The van der Waals surface area contributed by atoms with Crippen molar-refractivity contribution in [1.29, 1.82) is 0 Å². The molecule has 0 bridgehead atoms. The van der Waals surface area contributed by atoms with Crippen molar-refractivity contribution in [3.8, 4) is 0 Å². The van der Waals surface area contributed by atoms with Gasteiger partial charge in [-0.2, -0.15) is 0 Å². The van der Waals surface area contributed by atoms with Crippen molar-refractivity contribution >= 4 is 29.1 Å². The van der Waals surface area contributed by atoms with Crippen LogP contribution in [0.5, 0.6) is 0 Å². The maximum Gasteiger partial charge on any atom is 0.252 e. The van der Waals surface area contributed by atoms with Gasteiger partial charge >= 0.3 is 0 Å². The van der Waals surface area contributed by atoms with Crippen molar-refractivity contribution in [3.63, 3.8) is 0 Å². The summed E-state index contributed by atoms with van der Waals surface area (Å²) < 4.78 is 5.41. The minimum atomic E-state index is -0.237. The van der Waals surface area contributed by atoms with Crippen LogP contribution in [0.25, 0.3) is 0 Å². The first-order valence-electron chi connectivity index (χ1n) is 6.21. The lowest BCUT2D eigenvalue weighted by molar-refractivity contribution is 0.0754. The second kappa shape index (κ2) is 8.35. The van der Waals surface area contributed by atoms with Crippen LogP contribution in [-0.2, 0) is 4.74 Å². The van der Waals surface area contributed by atoms with Crippen molar-refractivity contribution in [1.82, 2.24) is 10.3 Å². The zero-order chi connectivity index (χ0) is 14.3. The minimum absolute atomic E-state index is 0.237. The summed E-state index contributed by atoms with van der Waals surface area (Å²) in [6.07, 6.45) is 3.38. The third kappa shape index (κ3) is 6.23. The van der Waals surface area contributed by atoms with Crippen LogP contribution in [0.15, 0.2) is 12.3 Å². The number of carbonyl (C=O) groups excluding carboxylic acids is 1. The number of carbonyl (C=O) groups is 1. The van der Waals surface area contributed by atoms with Crippen LogP contribution < -0.4 is 5.32 Å². The molecule has 1 aromatic rings. The molecule has 19 heavy (non-hydrogen) atoms. The van der Waals surface area contributed by atoms with Gasteiger partial charge in [0.1, 0.15) is 5.15 Å². The molecule has 4 nitrogen and oxygen atoms in total. The first kappa shape index (κ1) is 16.2. The molecule has 0 unspecified atom stereocenters. The van der Waals surface area contributed by atoms with E-state index >= 15 is 0 Å². The number of aromatic nitrogens is 1. The fraction of sp³-hybridized carbons (Fsp3) is 0.538. The number of rotatable bonds is 7. The normalized spacial score (nSPS) is 10.8. The summed E-state index contributed by atoms with van der Waals surface area (Å²) in [6, 6.07) is 1.46. The zero-order valence-corrected chi connectivity index (χ0v) is 12.6. The van der Waals surface area contributed by atoms with Crippen molar-refractivity contribution in [3.05, 3.63) is 28.0 Å². The van der Waals surface area contributed by atoms with Crippen LogP contribution in [0.2, 0.25) is 10.2 Å². The van der Waals surface area contributed by atoms with E-state index in [0.717, 1.165) is 12.8 Å². The van der Waals surface area contributed by atoms with Gasteiger partial charge in [-0.15, -0.1) is 0 Å². The molecule has 1 N–H and O–H groups in total. The highest BCUT2D eigenvalue weighted by atomic mass is 35.5. The summed E-state index contributed by atoms with van der Waals surface area (Å²) in [5.41, 5.74) is 0.347. The van der Waals surface area contributed by atoms with Crippen molar-refractivity contribution in [2.45, 2.75) is 32.8 Å². The largest absolute Gasteiger partial charge is 0.379 e. The number of halogens is 2. The summed E-state index contributed by atoms with van der Waals surface area (Å²) >= 11 is 11.6. The third-order valence-electron chi connectivity index (χ3n) is 2.37. The lowest BCUT2D eigenvalue weighted by Crippen LogP contribution is -2.25. The van der Waals surface area contributed by atoms with Gasteiger partial charge in [0.15, 0.2) is 0 Å². The molecule has 0 saturated carbocycles. The summed E-state index contributed by atoms with van der Waals surface area (Å²) in [4.78, 5) is 15.6. The van der Waals surface area contributed by atoms with E-state index in [-0.39, 0.29) is 17.2 Å². The molecule has 1 rings (SSSR count). The predicted octanol–water partition coefficient (Wildman–Crippen LogP) is 3.32. The molecule has 6 heteroatoms. The Bertz CT molecular complexity index is 425. The molecule has 1 aromatic heterocycles. The van der Waals surface area contributed by atoms with Gasteiger partial charge in [0.25, 0.3) is 5.91 Å². The second-order valence-electron chi connectivity index (χ2n) is 4.37. The molecule has 0 aliphatic rings. The average molecular weight is 305 g/mol. The fourth-order valence-electron chi connectivity index (χ4n) is 1.43. The second-order valence-corrected chi connectivity index (χ2v) is 5.16. The Labute approximate surface area is 123 Å². The van der Waals surface area contributed by atoms with E-state index in [9.17, 15) is 4.79 Å². The highest BCUT2D eigenvalue weighted by Gasteiger charge is 2.10. The van der Waals surface area contributed by atoms with Crippen molar-refractivity contribution in [2.75, 3.05) is 13.2 Å². The molecule has 106 valence electrons. The number of nitrogens with one attached hydrogen (secondary N) is 1. The Morgan fingerprint density at radius 3 is 2.84 bits per heavy atom. The topological polar surface area (TPSA) is 51.2 Å². The first-order valence-corrected chi connectivity index (χ1v) is 6.97. The molecule has 0 saturated heterocycles. The van der Waals surface area contributed by atoms with Crippen LogP contribution in [0.3, 0.4) is 0 Å². The van der Waals surface area contributed by atoms with Gasteiger partial charge in [-0.05, 0) is 32.8 Å². The van der Waals surface area contributed by atoms with E-state index in [2.05, 4.69) is 10.3 Å². The Morgan fingerprint density at radius 2 is 2.16 bits per heavy atom. The van der Waals surface area contributed by atoms with Crippen LogP contribution in [0.1, 0.15) is 37.0 Å². The Kier molecular flexibility index (Phi) is 7.13.